The first-order valence-electron chi connectivity index (χ1n) is 10.9. The molecule has 0 radical (unpaired) electrons. The molecule has 2 aromatic rings. The van der Waals surface area contributed by atoms with Gasteiger partial charge >= 0.3 is 0 Å². The van der Waals surface area contributed by atoms with Crippen LogP contribution in [0.3, 0.4) is 0 Å². The Morgan fingerprint density at radius 1 is 0.968 bits per heavy atom. The van der Waals surface area contributed by atoms with Crippen molar-refractivity contribution in [3.05, 3.63) is 71.0 Å². The molecule has 2 aromatic carbocycles. The Kier molecular flexibility index (Phi) is 7.64. The van der Waals surface area contributed by atoms with Crippen molar-refractivity contribution in [2.24, 2.45) is 0 Å². The van der Waals surface area contributed by atoms with E-state index in [0.29, 0.717) is 25.3 Å². The first kappa shape index (κ1) is 21.9. The maximum Gasteiger partial charge on any atom is 0.251 e. The molecule has 4 rings (SSSR count). The van der Waals surface area contributed by atoms with Gasteiger partial charge in [-0.2, -0.15) is 0 Å². The van der Waals surface area contributed by atoms with E-state index in [4.69, 9.17) is 9.47 Å². The number of rotatable bonds is 7. The molecule has 6 nitrogen and oxygen atoms in total. The van der Waals surface area contributed by atoms with E-state index in [2.05, 4.69) is 21.2 Å². The zero-order valence-electron chi connectivity index (χ0n) is 17.8. The Morgan fingerprint density at radius 3 is 2.42 bits per heavy atom. The quantitative estimate of drug-likeness (QED) is 0.736. The molecule has 1 amide bonds. The van der Waals surface area contributed by atoms with Gasteiger partial charge in [-0.05, 0) is 35.4 Å². The standard InChI is InChI=1S/C24H30FN3O3/c25-22-6-2-4-20(16-22)23(28-9-13-31-14-10-28)17-26-24(29)21-5-1-3-19(15-21)18-27-7-11-30-12-8-27/h1-6,15-16,23H,7-14,17-18H2,(H,26,29). The predicted molar refractivity (Wildman–Crippen MR) is 116 cm³/mol. The zero-order chi connectivity index (χ0) is 21.5. The van der Waals surface area contributed by atoms with Crippen LogP contribution in [-0.2, 0) is 16.0 Å². The molecule has 0 aliphatic carbocycles. The van der Waals surface area contributed by atoms with Crippen LogP contribution in [0.5, 0.6) is 0 Å². The maximum absolute atomic E-state index is 13.9. The van der Waals surface area contributed by atoms with Crippen molar-refractivity contribution in [3.63, 3.8) is 0 Å². The number of hydrogen-bond acceptors (Lipinski definition) is 5. The van der Waals surface area contributed by atoms with Crippen LogP contribution in [0.2, 0.25) is 0 Å². The van der Waals surface area contributed by atoms with E-state index in [0.717, 1.165) is 57.1 Å². The van der Waals surface area contributed by atoms with Gasteiger partial charge in [0.1, 0.15) is 5.82 Å². The lowest BCUT2D eigenvalue weighted by Gasteiger charge is -2.35. The molecule has 0 bridgehead atoms. The lowest BCUT2D eigenvalue weighted by atomic mass is 10.0. The zero-order valence-corrected chi connectivity index (χ0v) is 17.8. The lowest BCUT2D eigenvalue weighted by molar-refractivity contribution is 0.0162. The largest absolute Gasteiger partial charge is 0.379 e. The Hall–Kier alpha value is -2.32. The number of carbonyl (C=O) groups excluding carboxylic acids is 1. The minimum Gasteiger partial charge on any atom is -0.379 e. The van der Waals surface area contributed by atoms with Crippen molar-refractivity contribution in [3.8, 4) is 0 Å². The highest BCUT2D eigenvalue weighted by atomic mass is 19.1. The third kappa shape index (κ3) is 6.11. The van der Waals surface area contributed by atoms with Crippen LogP contribution < -0.4 is 5.32 Å². The van der Waals surface area contributed by atoms with Gasteiger partial charge in [0, 0.05) is 44.8 Å². The van der Waals surface area contributed by atoms with Crippen LogP contribution in [0.1, 0.15) is 27.5 Å². The number of benzene rings is 2. The fraction of sp³-hybridized carbons (Fsp3) is 0.458. The number of morpholine rings is 2. The van der Waals surface area contributed by atoms with Crippen molar-refractivity contribution in [2.75, 3.05) is 59.2 Å². The molecule has 0 saturated carbocycles. The maximum atomic E-state index is 13.9. The van der Waals surface area contributed by atoms with Gasteiger partial charge in [-0.3, -0.25) is 14.6 Å². The summed E-state index contributed by atoms with van der Waals surface area (Å²) in [4.78, 5) is 17.5. The average molecular weight is 428 g/mol. The minimum atomic E-state index is -0.266. The topological polar surface area (TPSA) is 54.0 Å². The summed E-state index contributed by atoms with van der Waals surface area (Å²) in [6.45, 7) is 7.34. The molecular formula is C24H30FN3O3. The molecule has 2 heterocycles. The molecule has 2 saturated heterocycles. The van der Waals surface area contributed by atoms with Gasteiger partial charge in [-0.25, -0.2) is 4.39 Å². The molecule has 1 atom stereocenters. The van der Waals surface area contributed by atoms with E-state index in [-0.39, 0.29) is 17.8 Å². The molecule has 166 valence electrons. The van der Waals surface area contributed by atoms with Gasteiger partial charge in [0.05, 0.1) is 32.5 Å². The Balaban J connectivity index is 1.42. The molecule has 2 aliphatic heterocycles. The Morgan fingerprint density at radius 2 is 1.68 bits per heavy atom. The fourth-order valence-electron chi connectivity index (χ4n) is 4.18. The van der Waals surface area contributed by atoms with Crippen LogP contribution in [0.15, 0.2) is 48.5 Å². The summed E-state index contributed by atoms with van der Waals surface area (Å²) in [5.74, 6) is -0.378. The Labute approximate surface area is 182 Å². The van der Waals surface area contributed by atoms with Gasteiger partial charge in [0.2, 0.25) is 0 Å². The van der Waals surface area contributed by atoms with E-state index >= 15 is 0 Å². The van der Waals surface area contributed by atoms with Gasteiger partial charge in [-0.15, -0.1) is 0 Å². The molecule has 2 aliphatic rings. The molecular weight excluding hydrogens is 397 g/mol. The summed E-state index contributed by atoms with van der Waals surface area (Å²) < 4.78 is 24.7. The highest BCUT2D eigenvalue weighted by molar-refractivity contribution is 5.94. The van der Waals surface area contributed by atoms with E-state index in [1.165, 1.54) is 6.07 Å². The summed E-state index contributed by atoms with van der Waals surface area (Å²) in [6, 6.07) is 14.3. The molecule has 7 heteroatoms. The minimum absolute atomic E-state index is 0.0971. The second-order valence-electron chi connectivity index (χ2n) is 8.02. The molecule has 2 fully saturated rings. The van der Waals surface area contributed by atoms with Crippen LogP contribution in [0.25, 0.3) is 0 Å². The molecule has 1 unspecified atom stereocenters. The van der Waals surface area contributed by atoms with E-state index in [1.807, 2.05) is 24.3 Å². The Bertz CT molecular complexity index is 867. The number of nitrogens with zero attached hydrogens (tertiary/aromatic N) is 2. The van der Waals surface area contributed by atoms with E-state index < -0.39 is 0 Å². The van der Waals surface area contributed by atoms with Crippen molar-refractivity contribution in [2.45, 2.75) is 12.6 Å². The summed E-state index contributed by atoms with van der Waals surface area (Å²) >= 11 is 0. The fourth-order valence-corrected chi connectivity index (χ4v) is 4.18. The highest BCUT2D eigenvalue weighted by Crippen LogP contribution is 2.22. The summed E-state index contributed by atoms with van der Waals surface area (Å²) in [6.07, 6.45) is 0. The van der Waals surface area contributed by atoms with Gasteiger partial charge in [-0.1, -0.05) is 24.3 Å². The predicted octanol–water partition coefficient (Wildman–Crippen LogP) is 2.46. The molecule has 1 N–H and O–H groups in total. The number of ether oxygens (including phenoxy) is 2. The molecule has 31 heavy (non-hydrogen) atoms. The SMILES string of the molecule is O=C(NCC(c1cccc(F)c1)N1CCOCC1)c1cccc(CN2CCOCC2)c1. The lowest BCUT2D eigenvalue weighted by Crippen LogP contribution is -2.43. The second kappa shape index (κ2) is 10.8. The number of nitrogens with one attached hydrogen (secondary N) is 1. The smallest absolute Gasteiger partial charge is 0.251 e. The third-order valence-electron chi connectivity index (χ3n) is 5.87. The monoisotopic (exact) mass is 427 g/mol. The van der Waals surface area contributed by atoms with Gasteiger partial charge in [0.15, 0.2) is 0 Å². The van der Waals surface area contributed by atoms with Gasteiger partial charge in [0.25, 0.3) is 5.91 Å². The van der Waals surface area contributed by atoms with Crippen LogP contribution in [-0.4, -0.2) is 74.9 Å². The molecule has 0 spiro atoms. The van der Waals surface area contributed by atoms with E-state index in [9.17, 15) is 9.18 Å². The van der Waals surface area contributed by atoms with Crippen LogP contribution >= 0.6 is 0 Å². The second-order valence-corrected chi connectivity index (χ2v) is 8.02. The number of hydrogen-bond donors (Lipinski definition) is 1. The summed E-state index contributed by atoms with van der Waals surface area (Å²) in [7, 11) is 0. The van der Waals surface area contributed by atoms with Crippen LogP contribution in [0.4, 0.5) is 4.39 Å². The summed E-state index contributed by atoms with van der Waals surface area (Å²) in [5.41, 5.74) is 2.62. The van der Waals surface area contributed by atoms with Crippen LogP contribution in [0, 0.1) is 5.82 Å². The van der Waals surface area contributed by atoms with Crippen molar-refractivity contribution in [1.29, 1.82) is 0 Å². The third-order valence-corrected chi connectivity index (χ3v) is 5.87. The van der Waals surface area contributed by atoms with Crippen molar-refractivity contribution >= 4 is 5.91 Å². The van der Waals surface area contributed by atoms with Crippen molar-refractivity contribution in [1.82, 2.24) is 15.1 Å². The first-order chi connectivity index (χ1) is 15.2. The number of halogens is 1. The number of carbonyl (C=O) groups is 1. The average Bonchev–Trinajstić information content (AvgIpc) is 2.81. The number of amides is 1. The molecule has 0 aromatic heterocycles. The summed E-state index contributed by atoms with van der Waals surface area (Å²) in [5, 5.41) is 3.07. The van der Waals surface area contributed by atoms with Gasteiger partial charge < -0.3 is 14.8 Å². The van der Waals surface area contributed by atoms with Crippen molar-refractivity contribution < 1.29 is 18.7 Å². The highest BCUT2D eigenvalue weighted by Gasteiger charge is 2.24. The normalized spacial score (nSPS) is 19.1. The van der Waals surface area contributed by atoms with E-state index in [1.54, 1.807) is 12.1 Å². The first-order valence-corrected chi connectivity index (χ1v) is 10.9.